The lowest BCUT2D eigenvalue weighted by molar-refractivity contribution is -0.117. The largest absolute Gasteiger partial charge is 0.322 e. The molecule has 3 amide bonds. The van der Waals surface area contributed by atoms with Gasteiger partial charge >= 0.3 is 6.03 Å². The molecule has 5 heteroatoms. The number of carbonyl (C=O) groups is 2. The molecule has 3 rings (SSSR count). The van der Waals surface area contributed by atoms with E-state index in [1.165, 1.54) is 12.8 Å². The molecule has 0 spiro atoms. The molecule has 2 saturated heterocycles. The maximum absolute atomic E-state index is 12.8. The Bertz CT molecular complexity index is 616. The average molecular weight is 329 g/mol. The molecule has 0 radical (unpaired) electrons. The summed E-state index contributed by atoms with van der Waals surface area (Å²) in [6.07, 6.45) is 4.85. The molecule has 1 N–H and O–H groups in total. The van der Waals surface area contributed by atoms with Gasteiger partial charge in [0.25, 0.3) is 0 Å². The number of anilines is 2. The summed E-state index contributed by atoms with van der Waals surface area (Å²) in [7, 11) is 0. The third kappa shape index (κ3) is 3.55. The van der Waals surface area contributed by atoms with Gasteiger partial charge in [0.05, 0.1) is 11.4 Å². The average Bonchev–Trinajstić information content (AvgIpc) is 2.90. The molecular weight excluding hydrogens is 302 g/mol. The van der Waals surface area contributed by atoms with Gasteiger partial charge in [-0.15, -0.1) is 0 Å². The minimum absolute atomic E-state index is 0.0599. The normalized spacial score (nSPS) is 24.8. The zero-order valence-electron chi connectivity index (χ0n) is 14.6. The third-order valence-electron chi connectivity index (χ3n) is 5.13. The number of urea groups is 1. The van der Waals surface area contributed by atoms with E-state index in [0.717, 1.165) is 37.3 Å². The van der Waals surface area contributed by atoms with E-state index in [2.05, 4.69) is 19.2 Å². The van der Waals surface area contributed by atoms with Crippen LogP contribution in [0.2, 0.25) is 0 Å². The van der Waals surface area contributed by atoms with Gasteiger partial charge in [0.15, 0.2) is 0 Å². The minimum Gasteiger partial charge on any atom is -0.322 e. The Labute approximate surface area is 144 Å². The summed E-state index contributed by atoms with van der Waals surface area (Å²) in [4.78, 5) is 28.6. The van der Waals surface area contributed by atoms with Crippen LogP contribution in [-0.2, 0) is 4.79 Å². The zero-order chi connectivity index (χ0) is 17.1. The van der Waals surface area contributed by atoms with Gasteiger partial charge in [-0.3, -0.25) is 4.79 Å². The summed E-state index contributed by atoms with van der Waals surface area (Å²) in [5, 5.41) is 3.05. The first-order valence-corrected chi connectivity index (χ1v) is 9.03. The standard InChI is InChI=1S/C19H27N3O2/c1-14-7-5-8-15(2)22(13-14)19(24)20-16-9-3-4-10-17(16)21-12-6-11-18(21)23/h3-4,9-10,14-15H,5-8,11-13H2,1-2H3,(H,20,24)/t14-,15+/m1/s1. The summed E-state index contributed by atoms with van der Waals surface area (Å²) < 4.78 is 0. The fraction of sp³-hybridized carbons (Fsp3) is 0.579. The number of hydrogen-bond acceptors (Lipinski definition) is 2. The van der Waals surface area contributed by atoms with Gasteiger partial charge in [-0.25, -0.2) is 4.79 Å². The highest BCUT2D eigenvalue weighted by molar-refractivity contribution is 6.01. The number of nitrogens with one attached hydrogen (secondary N) is 1. The van der Waals surface area contributed by atoms with Gasteiger partial charge < -0.3 is 15.1 Å². The second-order valence-electron chi connectivity index (χ2n) is 7.13. The van der Waals surface area contributed by atoms with E-state index in [4.69, 9.17) is 0 Å². The Morgan fingerprint density at radius 2 is 1.96 bits per heavy atom. The van der Waals surface area contributed by atoms with Gasteiger partial charge in [0.1, 0.15) is 0 Å². The van der Waals surface area contributed by atoms with Gasteiger partial charge in [-0.1, -0.05) is 25.5 Å². The van der Waals surface area contributed by atoms with E-state index in [1.54, 1.807) is 4.90 Å². The van der Waals surface area contributed by atoms with Crippen LogP contribution < -0.4 is 10.2 Å². The summed E-state index contributed by atoms with van der Waals surface area (Å²) in [6, 6.07) is 7.78. The Morgan fingerprint density at radius 1 is 1.17 bits per heavy atom. The predicted molar refractivity (Wildman–Crippen MR) is 96.2 cm³/mol. The number of likely N-dealkylation sites (tertiary alicyclic amines) is 1. The van der Waals surface area contributed by atoms with Crippen LogP contribution in [0.1, 0.15) is 46.0 Å². The van der Waals surface area contributed by atoms with Crippen LogP contribution in [0.5, 0.6) is 0 Å². The molecule has 24 heavy (non-hydrogen) atoms. The van der Waals surface area contributed by atoms with Crippen LogP contribution in [0.25, 0.3) is 0 Å². The van der Waals surface area contributed by atoms with Gasteiger partial charge in [0, 0.05) is 25.6 Å². The van der Waals surface area contributed by atoms with Crippen LogP contribution in [-0.4, -0.2) is 36.0 Å². The lowest BCUT2D eigenvalue weighted by Gasteiger charge is -2.29. The fourth-order valence-electron chi connectivity index (χ4n) is 3.71. The minimum atomic E-state index is -0.0599. The topological polar surface area (TPSA) is 52.7 Å². The van der Waals surface area contributed by atoms with Crippen LogP contribution in [0.4, 0.5) is 16.2 Å². The van der Waals surface area contributed by atoms with Crippen molar-refractivity contribution >= 4 is 23.3 Å². The molecule has 0 aromatic heterocycles. The maximum atomic E-state index is 12.8. The van der Waals surface area contributed by atoms with Crippen molar-refractivity contribution in [3.8, 4) is 0 Å². The number of hydrogen-bond donors (Lipinski definition) is 1. The highest BCUT2D eigenvalue weighted by atomic mass is 16.2. The molecule has 0 saturated carbocycles. The van der Waals surface area contributed by atoms with Crippen LogP contribution in [0.3, 0.4) is 0 Å². The Kier molecular flexibility index (Phi) is 5.07. The molecule has 2 fully saturated rings. The summed E-state index contributed by atoms with van der Waals surface area (Å²) in [5.41, 5.74) is 1.53. The van der Waals surface area contributed by atoms with Crippen LogP contribution >= 0.6 is 0 Å². The first-order chi connectivity index (χ1) is 11.6. The number of rotatable bonds is 2. The number of carbonyl (C=O) groups excluding carboxylic acids is 2. The second kappa shape index (κ2) is 7.24. The second-order valence-corrected chi connectivity index (χ2v) is 7.13. The van der Waals surface area contributed by atoms with Crippen molar-refractivity contribution in [1.29, 1.82) is 0 Å². The third-order valence-corrected chi connectivity index (χ3v) is 5.13. The lowest BCUT2D eigenvalue weighted by Crippen LogP contribution is -2.42. The SMILES string of the molecule is C[C@@H]1CCC[C@H](C)N(C(=O)Nc2ccccc2N2CCCC2=O)C1. The van der Waals surface area contributed by atoms with Crippen LogP contribution in [0, 0.1) is 5.92 Å². The quantitative estimate of drug-likeness (QED) is 0.896. The smallest absolute Gasteiger partial charge is 0.322 e. The number of nitrogens with zero attached hydrogens (tertiary/aromatic N) is 2. The van der Waals surface area contributed by atoms with Gasteiger partial charge in [-0.2, -0.15) is 0 Å². The molecule has 5 nitrogen and oxygen atoms in total. The van der Waals surface area contributed by atoms with Gasteiger partial charge in [-0.05, 0) is 44.2 Å². The fourth-order valence-corrected chi connectivity index (χ4v) is 3.71. The highest BCUT2D eigenvalue weighted by Crippen LogP contribution is 2.30. The Balaban J connectivity index is 1.78. The van der Waals surface area contributed by atoms with Crippen molar-refractivity contribution in [2.45, 2.75) is 52.0 Å². The van der Waals surface area contributed by atoms with Crippen molar-refractivity contribution in [1.82, 2.24) is 4.90 Å². The van der Waals surface area contributed by atoms with E-state index in [1.807, 2.05) is 29.2 Å². The first kappa shape index (κ1) is 16.8. The molecule has 1 aromatic carbocycles. The predicted octanol–water partition coefficient (Wildman–Crippen LogP) is 3.86. The van der Waals surface area contributed by atoms with E-state index in [0.29, 0.717) is 12.3 Å². The Morgan fingerprint density at radius 3 is 2.71 bits per heavy atom. The van der Waals surface area contributed by atoms with Gasteiger partial charge in [0.2, 0.25) is 5.91 Å². The molecule has 2 aliphatic rings. The first-order valence-electron chi connectivity index (χ1n) is 9.03. The molecule has 0 bridgehead atoms. The van der Waals surface area contributed by atoms with E-state index in [-0.39, 0.29) is 18.0 Å². The molecule has 130 valence electrons. The van der Waals surface area contributed by atoms with Crippen molar-refractivity contribution in [3.05, 3.63) is 24.3 Å². The molecule has 0 unspecified atom stereocenters. The van der Waals surface area contributed by atoms with Crippen molar-refractivity contribution in [2.24, 2.45) is 5.92 Å². The van der Waals surface area contributed by atoms with E-state index < -0.39 is 0 Å². The van der Waals surface area contributed by atoms with Crippen LogP contribution in [0.15, 0.2) is 24.3 Å². The number of benzene rings is 1. The molecule has 2 heterocycles. The van der Waals surface area contributed by atoms with E-state index >= 15 is 0 Å². The van der Waals surface area contributed by atoms with E-state index in [9.17, 15) is 9.59 Å². The molecule has 0 aliphatic carbocycles. The highest BCUT2D eigenvalue weighted by Gasteiger charge is 2.27. The maximum Gasteiger partial charge on any atom is 0.322 e. The molecule has 1 aromatic rings. The monoisotopic (exact) mass is 329 g/mol. The van der Waals surface area contributed by atoms with Crippen molar-refractivity contribution < 1.29 is 9.59 Å². The Hall–Kier alpha value is -2.04. The van der Waals surface area contributed by atoms with Crippen molar-refractivity contribution in [2.75, 3.05) is 23.3 Å². The zero-order valence-corrected chi connectivity index (χ0v) is 14.6. The van der Waals surface area contributed by atoms with Crippen molar-refractivity contribution in [3.63, 3.8) is 0 Å². The number of para-hydroxylation sites is 2. The summed E-state index contributed by atoms with van der Waals surface area (Å²) in [5.74, 6) is 0.657. The molecule has 2 aliphatic heterocycles. The molecular formula is C19H27N3O2. The number of amides is 3. The summed E-state index contributed by atoms with van der Waals surface area (Å²) in [6.45, 7) is 5.84. The summed E-state index contributed by atoms with van der Waals surface area (Å²) >= 11 is 0. The molecule has 2 atom stereocenters. The lowest BCUT2D eigenvalue weighted by atomic mass is 10.1.